The molecular weight excluding hydrogens is 1810 g/mol. The highest BCUT2D eigenvalue weighted by Crippen LogP contribution is 2.43. The monoisotopic (exact) mass is 1920 g/mol. The van der Waals surface area contributed by atoms with E-state index in [1.54, 1.807) is 31.1 Å². The van der Waals surface area contributed by atoms with E-state index in [0.717, 1.165) is 115 Å². The zero-order chi connectivity index (χ0) is 91.9. The van der Waals surface area contributed by atoms with Gasteiger partial charge in [0.1, 0.15) is 71.7 Å². The van der Waals surface area contributed by atoms with Crippen molar-refractivity contribution in [3.8, 4) is 102 Å². The first-order valence-electron chi connectivity index (χ1n) is 43.9. The number of piperidine rings is 3. The predicted molar refractivity (Wildman–Crippen MR) is 555 cm³/mol. The predicted octanol–water partition coefficient (Wildman–Crippen LogP) is 20.8. The Kier molecular flexibility index (Phi) is 35.6. The number of terminal acetylenes is 1. The van der Waals surface area contributed by atoms with Gasteiger partial charge < -0.3 is 30.2 Å². The second-order valence-electron chi connectivity index (χ2n) is 32.9. The Hall–Kier alpha value is -14.4. The topological polar surface area (TPSA) is 293 Å². The molecule has 3 saturated heterocycles. The van der Waals surface area contributed by atoms with Gasteiger partial charge in [-0.1, -0.05) is 332 Å². The average molecular weight is 1930 g/mol. The number of likely N-dealkylation sites (tertiary alicyclic amines) is 3. The lowest BCUT2D eigenvalue weighted by Crippen LogP contribution is -2.45. The van der Waals surface area contributed by atoms with Gasteiger partial charge in [0.2, 0.25) is 23.6 Å². The summed E-state index contributed by atoms with van der Waals surface area (Å²) in [6, 6.07) is 82.3. The number of carbonyl (C=O) groups excluding carboxylic acids is 4. The van der Waals surface area contributed by atoms with Crippen molar-refractivity contribution in [2.45, 2.75) is 120 Å². The van der Waals surface area contributed by atoms with Crippen LogP contribution < -0.4 is 10.6 Å². The Labute approximate surface area is 825 Å². The van der Waals surface area contributed by atoms with Crippen molar-refractivity contribution in [1.29, 1.82) is 0 Å². The number of hydrogen-bond donors (Lipinski definition) is 2. The largest absolute Gasteiger partial charge is 0.352 e. The van der Waals surface area contributed by atoms with Crippen molar-refractivity contribution in [2.75, 3.05) is 60.4 Å². The highest BCUT2D eigenvalue weighted by atomic mass is 35.5. The third-order valence-electron chi connectivity index (χ3n) is 23.8. The van der Waals surface area contributed by atoms with Crippen molar-refractivity contribution >= 4 is 114 Å². The SMILES string of the molecule is C.C.C.C.C.C#CC1CCCN(C(=O)Cn2nc(-c3ccccc3)c3c(Cl)c(-c4ccccc4)nnc32)C1.CN(C)C1CCN(C(=O)Cn2nc(-c3ccccc3)c3c(Cl)c(-c4ccccc4)nnc32)CC1.CN1CCC(NC(=O)Cn2nc(-c3ccccc3)c3c(Cl)c(-c4ccccc4)nnc32)CC1.O=C(Cn1nc(-c2ccccc2)c2c(Cl)c(-c3ccccc3)nnc21)NCc1cccnc1. The van der Waals surface area contributed by atoms with Crippen molar-refractivity contribution in [2.24, 2.45) is 5.92 Å². The number of aromatic nitrogens is 17. The molecule has 0 bridgehead atoms. The Morgan fingerprint density at radius 3 is 1.00 bits per heavy atom. The molecule has 0 radical (unpaired) electrons. The van der Waals surface area contributed by atoms with Crippen LogP contribution in [0.2, 0.25) is 20.1 Å². The van der Waals surface area contributed by atoms with E-state index >= 15 is 0 Å². The number of benzene rings is 8. The first kappa shape index (κ1) is 103. The molecule has 8 aromatic carbocycles. The van der Waals surface area contributed by atoms with Crippen LogP contribution >= 0.6 is 46.4 Å². The van der Waals surface area contributed by atoms with Crippen LogP contribution in [0.5, 0.6) is 0 Å². The molecule has 3 aliphatic rings. The molecule has 0 aliphatic carbocycles. The van der Waals surface area contributed by atoms with Crippen LogP contribution in [-0.2, 0) is 51.9 Å². The van der Waals surface area contributed by atoms with E-state index < -0.39 is 0 Å². The maximum absolute atomic E-state index is 13.2. The summed E-state index contributed by atoms with van der Waals surface area (Å²) in [6.07, 6.45) is 14.7. The summed E-state index contributed by atoms with van der Waals surface area (Å²) in [5, 5.41) is 65.1. The first-order valence-corrected chi connectivity index (χ1v) is 45.5. The molecule has 708 valence electrons. The summed E-state index contributed by atoms with van der Waals surface area (Å²) in [4.78, 5) is 64.1. The highest BCUT2D eigenvalue weighted by molar-refractivity contribution is 6.40. The van der Waals surface area contributed by atoms with Crippen LogP contribution in [0, 0.1) is 18.3 Å². The maximum Gasteiger partial charge on any atom is 0.244 e. The molecule has 4 amide bonds. The number of fused-ring (bicyclic) bond motifs is 4. The molecule has 0 saturated carbocycles. The van der Waals surface area contributed by atoms with E-state index in [2.05, 4.69) is 93.3 Å². The minimum absolute atomic E-state index is 0. The molecule has 20 rings (SSSR count). The number of amides is 4. The molecule has 12 heterocycles. The van der Waals surface area contributed by atoms with Crippen molar-refractivity contribution in [3.63, 3.8) is 0 Å². The molecule has 31 heteroatoms. The first-order chi connectivity index (χ1) is 65.0. The molecule has 1 atom stereocenters. The van der Waals surface area contributed by atoms with Gasteiger partial charge in [0.05, 0.1) is 41.6 Å². The smallest absolute Gasteiger partial charge is 0.244 e. The van der Waals surface area contributed by atoms with Crippen LogP contribution in [0.25, 0.3) is 134 Å². The lowest BCUT2D eigenvalue weighted by atomic mass is 9.99. The summed E-state index contributed by atoms with van der Waals surface area (Å²) in [5.74, 6) is 2.59. The molecule has 17 aromatic rings. The lowest BCUT2D eigenvalue weighted by molar-refractivity contribution is -0.134. The van der Waals surface area contributed by atoms with Crippen LogP contribution in [0.15, 0.2) is 267 Å². The molecule has 9 aromatic heterocycles. The number of carbonyl (C=O) groups is 4. The van der Waals surface area contributed by atoms with Crippen LogP contribution in [-0.4, -0.2) is 201 Å². The Bertz CT molecular complexity index is 6990. The van der Waals surface area contributed by atoms with Gasteiger partial charge >= 0.3 is 0 Å². The second-order valence-corrected chi connectivity index (χ2v) is 34.4. The second kappa shape index (κ2) is 47.9. The number of nitrogens with zero attached hydrogens (tertiary/aromatic N) is 21. The average Bonchev–Trinajstić information content (AvgIpc) is 1.62. The maximum atomic E-state index is 13.2. The van der Waals surface area contributed by atoms with Gasteiger partial charge in [-0.25, -0.2) is 18.7 Å². The fourth-order valence-corrected chi connectivity index (χ4v) is 18.0. The minimum Gasteiger partial charge on any atom is -0.352 e. The van der Waals surface area contributed by atoms with E-state index in [1.807, 2.05) is 265 Å². The molecule has 1 unspecified atom stereocenters. The molecule has 3 aliphatic heterocycles. The quantitative estimate of drug-likeness (QED) is 0.0670. The Morgan fingerprint density at radius 1 is 0.377 bits per heavy atom. The van der Waals surface area contributed by atoms with Gasteiger partial charge in [0.25, 0.3) is 0 Å². The highest BCUT2D eigenvalue weighted by Gasteiger charge is 2.32. The third-order valence-corrected chi connectivity index (χ3v) is 25.3. The fourth-order valence-electron chi connectivity index (χ4n) is 16.7. The minimum atomic E-state index is -0.201. The van der Waals surface area contributed by atoms with Gasteiger partial charge in [0.15, 0.2) is 22.6 Å². The van der Waals surface area contributed by atoms with E-state index in [9.17, 15) is 19.2 Å². The van der Waals surface area contributed by atoms with E-state index in [1.165, 1.54) is 0 Å². The van der Waals surface area contributed by atoms with Crippen molar-refractivity contribution in [1.82, 2.24) is 115 Å². The van der Waals surface area contributed by atoms with E-state index in [-0.39, 0.29) is 98.9 Å². The summed E-state index contributed by atoms with van der Waals surface area (Å²) in [6.45, 7) is 5.31. The zero-order valence-corrected chi connectivity index (χ0v) is 76.3. The summed E-state index contributed by atoms with van der Waals surface area (Å²) >= 11 is 27.6. The number of hydrogen-bond acceptors (Lipinski definition) is 19. The molecule has 27 nitrogen and oxygen atoms in total. The van der Waals surface area contributed by atoms with E-state index in [0.29, 0.717) is 135 Å². The fraction of sp³-hybridized carbons (Fsp3) is 0.262. The van der Waals surface area contributed by atoms with Crippen molar-refractivity contribution < 1.29 is 19.2 Å². The Morgan fingerprint density at radius 2 is 0.688 bits per heavy atom. The third kappa shape index (κ3) is 23.5. The van der Waals surface area contributed by atoms with Crippen molar-refractivity contribution in [3.05, 3.63) is 293 Å². The van der Waals surface area contributed by atoms with Gasteiger partial charge in [-0.15, -0.1) is 53.1 Å². The summed E-state index contributed by atoms with van der Waals surface area (Å²) in [5.41, 5.74) is 15.0. The van der Waals surface area contributed by atoms with E-state index in [4.69, 9.17) is 73.2 Å². The number of pyridine rings is 1. The summed E-state index contributed by atoms with van der Waals surface area (Å²) in [7, 11) is 6.29. The number of rotatable bonds is 20. The van der Waals surface area contributed by atoms with Crippen LogP contribution in [0.3, 0.4) is 0 Å². The molecular formula is C107H113Cl4N23O4. The number of nitrogens with one attached hydrogen (secondary N) is 2. The standard InChI is InChI=1S/C26H27ClN6O.C26H22ClN5O.C25H25ClN6O.C25H19ClN6O.5CH4/c1-31(2)20-13-15-32(16-14-20)21(34)17-33-26-22(24(30-33)18-9-5-3-6-10-18)23(27)25(28-29-26)19-11-7-4-8-12-19;1-2-18-10-9-15-31(16-18)21(33)17-32-26-22(24(30-32)19-11-5-3-6-12-19)23(27)25(28-29-26)20-13-7-4-8-14-20;1-31-14-12-19(13-15-31)27-20(33)16-32-25-21(23(30-32)17-8-4-2-5-9-17)22(26)24(28-29-25)18-10-6-3-7-11-18;26-22-21-23(18-9-3-1-4-10-18)31-32(16-20(33)28-15-17-8-7-13-27-14-17)25(21)30-29-24(22)19-11-5-2-6-12-19;;;;;/h3-12,20H,13-17H2,1-2H3;1,3-8,11-14,18H,9-10,15-17H2;2-11,19H,12-16H2,1H3,(H,27,33);1-14H,15-16H2,(H,28,33);5*1H4. The number of halogens is 4. The molecule has 3 fully saturated rings. The van der Waals surface area contributed by atoms with Crippen LogP contribution in [0.4, 0.5) is 0 Å². The molecule has 138 heavy (non-hydrogen) atoms. The molecule has 0 spiro atoms. The van der Waals surface area contributed by atoms with Gasteiger partial charge in [0, 0.05) is 108 Å². The normalized spacial score (nSPS) is 13.7. The summed E-state index contributed by atoms with van der Waals surface area (Å²) < 4.78 is 6.40. The lowest BCUT2D eigenvalue weighted by Gasteiger charge is -2.35. The van der Waals surface area contributed by atoms with Crippen LogP contribution in [0.1, 0.15) is 81.2 Å². The zero-order valence-electron chi connectivity index (χ0n) is 73.3. The van der Waals surface area contributed by atoms with Gasteiger partial charge in [-0.2, -0.15) is 20.4 Å². The van der Waals surface area contributed by atoms with Gasteiger partial charge in [-0.3, -0.25) is 24.2 Å². The molecule has 2 N–H and O–H groups in total. The Balaban J connectivity index is 0.000000163. The van der Waals surface area contributed by atoms with Gasteiger partial charge in [-0.05, 0) is 84.4 Å².